The molecule has 0 spiro atoms. The summed E-state index contributed by atoms with van der Waals surface area (Å²) in [5.74, 6) is 0. The van der Waals surface area contributed by atoms with Crippen LogP contribution >= 0.6 is 0 Å². The van der Waals surface area contributed by atoms with Crippen LogP contribution in [-0.2, 0) is 4.74 Å². The summed E-state index contributed by atoms with van der Waals surface area (Å²) in [6.45, 7) is -0.400. The minimum atomic E-state index is -0.769. The summed E-state index contributed by atoms with van der Waals surface area (Å²) < 4.78 is 4.53. The summed E-state index contributed by atoms with van der Waals surface area (Å²) >= 11 is 0. The van der Waals surface area contributed by atoms with Crippen LogP contribution in [0.5, 0.6) is 0 Å². The molecule has 86 valence electrons. The fourth-order valence-corrected chi connectivity index (χ4v) is 0.990. The number of nitro benzene ring substituents is 1. The van der Waals surface area contributed by atoms with Gasteiger partial charge in [0.05, 0.1) is 17.2 Å². The number of nitro groups is 1. The van der Waals surface area contributed by atoms with E-state index in [-0.39, 0.29) is 24.6 Å². The molecule has 0 aliphatic carbocycles. The quantitative estimate of drug-likeness (QED) is 0.592. The monoisotopic (exact) mass is 226 g/mol. The molecule has 2 N–H and O–H groups in total. The second-order valence-corrected chi connectivity index (χ2v) is 2.79. The number of rotatable bonds is 4. The minimum absolute atomic E-state index is 0.124. The number of nitrogens with one attached hydrogen (secondary N) is 1. The van der Waals surface area contributed by atoms with Crippen LogP contribution in [0.3, 0.4) is 0 Å². The SMILES string of the molecule is O=C(Nc1cccc([N+](=O)[O-])c1)OCCO. The average Bonchev–Trinajstić information content (AvgIpc) is 2.26. The van der Waals surface area contributed by atoms with Gasteiger partial charge >= 0.3 is 6.09 Å². The van der Waals surface area contributed by atoms with Crippen molar-refractivity contribution >= 4 is 17.5 Å². The highest BCUT2D eigenvalue weighted by atomic mass is 16.6. The lowest BCUT2D eigenvalue weighted by molar-refractivity contribution is -0.384. The van der Waals surface area contributed by atoms with E-state index in [0.29, 0.717) is 0 Å². The van der Waals surface area contributed by atoms with E-state index in [2.05, 4.69) is 10.1 Å². The van der Waals surface area contributed by atoms with Crippen LogP contribution in [0.1, 0.15) is 0 Å². The maximum Gasteiger partial charge on any atom is 0.411 e. The van der Waals surface area contributed by atoms with E-state index in [1.807, 2.05) is 0 Å². The van der Waals surface area contributed by atoms with E-state index < -0.39 is 11.0 Å². The Morgan fingerprint density at radius 1 is 1.56 bits per heavy atom. The van der Waals surface area contributed by atoms with Gasteiger partial charge in [-0.1, -0.05) is 6.07 Å². The molecule has 0 fully saturated rings. The summed E-state index contributed by atoms with van der Waals surface area (Å²) in [5.41, 5.74) is 0.136. The van der Waals surface area contributed by atoms with Crippen LogP contribution in [0.2, 0.25) is 0 Å². The van der Waals surface area contributed by atoms with Crippen molar-refractivity contribution in [1.82, 2.24) is 0 Å². The molecule has 0 atom stereocenters. The number of amides is 1. The van der Waals surface area contributed by atoms with Crippen LogP contribution in [0.15, 0.2) is 24.3 Å². The fraction of sp³-hybridized carbons (Fsp3) is 0.222. The van der Waals surface area contributed by atoms with Crippen LogP contribution in [0.4, 0.5) is 16.2 Å². The van der Waals surface area contributed by atoms with Gasteiger partial charge in [0.15, 0.2) is 0 Å². The summed E-state index contributed by atoms with van der Waals surface area (Å²) in [4.78, 5) is 20.9. The first-order valence-electron chi connectivity index (χ1n) is 4.42. The van der Waals surface area contributed by atoms with Gasteiger partial charge in [0, 0.05) is 12.1 Å². The highest BCUT2D eigenvalue weighted by molar-refractivity contribution is 5.85. The normalized spacial score (nSPS) is 9.56. The Labute approximate surface area is 90.8 Å². The van der Waals surface area contributed by atoms with Gasteiger partial charge in [-0.15, -0.1) is 0 Å². The van der Waals surface area contributed by atoms with Gasteiger partial charge in [0.2, 0.25) is 0 Å². The molecule has 0 unspecified atom stereocenters. The molecule has 1 aromatic carbocycles. The Bertz CT molecular complexity index is 393. The van der Waals surface area contributed by atoms with Crippen molar-refractivity contribution in [1.29, 1.82) is 0 Å². The van der Waals surface area contributed by atoms with Crippen molar-refractivity contribution in [3.63, 3.8) is 0 Å². The molecule has 0 aliphatic rings. The van der Waals surface area contributed by atoms with Crippen molar-refractivity contribution in [2.75, 3.05) is 18.5 Å². The summed E-state index contributed by atoms with van der Waals surface area (Å²) in [6, 6.07) is 5.46. The summed E-state index contributed by atoms with van der Waals surface area (Å²) in [5, 5.41) is 21.1. The van der Waals surface area contributed by atoms with E-state index in [0.717, 1.165) is 0 Å². The van der Waals surface area contributed by atoms with Crippen LogP contribution in [-0.4, -0.2) is 29.3 Å². The maximum atomic E-state index is 11.0. The predicted octanol–water partition coefficient (Wildman–Crippen LogP) is 1.14. The van der Waals surface area contributed by atoms with Crippen molar-refractivity contribution in [2.24, 2.45) is 0 Å². The zero-order chi connectivity index (χ0) is 12.0. The smallest absolute Gasteiger partial charge is 0.411 e. The fourth-order valence-electron chi connectivity index (χ4n) is 0.990. The number of anilines is 1. The lowest BCUT2D eigenvalue weighted by atomic mass is 10.3. The number of aliphatic hydroxyl groups excluding tert-OH is 1. The lowest BCUT2D eigenvalue weighted by Gasteiger charge is -2.05. The number of aliphatic hydroxyl groups is 1. The summed E-state index contributed by atoms with van der Waals surface area (Å²) in [6.07, 6.45) is -0.769. The summed E-state index contributed by atoms with van der Waals surface area (Å²) in [7, 11) is 0. The maximum absolute atomic E-state index is 11.0. The molecule has 0 bridgehead atoms. The Morgan fingerprint density at radius 3 is 2.94 bits per heavy atom. The predicted molar refractivity (Wildman–Crippen MR) is 55.2 cm³/mol. The third-order valence-corrected chi connectivity index (χ3v) is 1.63. The molecule has 1 rings (SSSR count). The molecule has 1 aromatic rings. The second-order valence-electron chi connectivity index (χ2n) is 2.79. The van der Waals surface area contributed by atoms with Crippen LogP contribution in [0, 0.1) is 10.1 Å². The Hall–Kier alpha value is -2.15. The molecule has 0 saturated carbocycles. The second kappa shape index (κ2) is 5.66. The molecule has 0 heterocycles. The molecule has 16 heavy (non-hydrogen) atoms. The van der Waals surface area contributed by atoms with Crippen molar-refractivity contribution < 1.29 is 19.6 Å². The number of carbonyl (C=O) groups excluding carboxylic acids is 1. The van der Waals surface area contributed by atoms with Gasteiger partial charge in [-0.2, -0.15) is 0 Å². The first-order valence-corrected chi connectivity index (χ1v) is 4.42. The Balaban J connectivity index is 2.63. The number of benzene rings is 1. The standard InChI is InChI=1S/C9H10N2O5/c12-4-5-16-9(13)10-7-2-1-3-8(6-7)11(14)15/h1-3,6,12H,4-5H2,(H,10,13). The van der Waals surface area contributed by atoms with Gasteiger partial charge in [-0.3, -0.25) is 15.4 Å². The molecular weight excluding hydrogens is 216 g/mol. The van der Waals surface area contributed by atoms with Gasteiger partial charge in [-0.25, -0.2) is 4.79 Å². The zero-order valence-electron chi connectivity index (χ0n) is 8.25. The molecule has 0 aromatic heterocycles. The van der Waals surface area contributed by atoms with Crippen molar-refractivity contribution in [3.05, 3.63) is 34.4 Å². The highest BCUT2D eigenvalue weighted by Gasteiger charge is 2.08. The zero-order valence-corrected chi connectivity index (χ0v) is 8.25. The lowest BCUT2D eigenvalue weighted by Crippen LogP contribution is -2.15. The third kappa shape index (κ3) is 3.54. The van der Waals surface area contributed by atoms with Crippen LogP contribution < -0.4 is 5.32 Å². The van der Waals surface area contributed by atoms with Gasteiger partial charge < -0.3 is 9.84 Å². The first-order chi connectivity index (χ1) is 7.63. The molecule has 0 radical (unpaired) electrons. The Kier molecular flexibility index (Phi) is 4.22. The number of hydrogen-bond acceptors (Lipinski definition) is 5. The van der Waals surface area contributed by atoms with E-state index in [1.54, 1.807) is 0 Å². The number of ether oxygens (including phenoxy) is 1. The van der Waals surface area contributed by atoms with E-state index in [4.69, 9.17) is 5.11 Å². The van der Waals surface area contributed by atoms with Gasteiger partial charge in [0.1, 0.15) is 6.61 Å². The number of nitrogens with zero attached hydrogens (tertiary/aromatic N) is 1. The molecule has 0 aliphatic heterocycles. The molecule has 0 saturated heterocycles. The van der Waals surface area contributed by atoms with E-state index in [1.165, 1.54) is 24.3 Å². The van der Waals surface area contributed by atoms with Gasteiger partial charge in [-0.05, 0) is 6.07 Å². The molecular formula is C9H10N2O5. The molecule has 7 heteroatoms. The van der Waals surface area contributed by atoms with E-state index in [9.17, 15) is 14.9 Å². The minimum Gasteiger partial charge on any atom is -0.447 e. The molecule has 1 amide bonds. The third-order valence-electron chi connectivity index (χ3n) is 1.63. The Morgan fingerprint density at radius 2 is 2.31 bits per heavy atom. The number of carbonyl (C=O) groups is 1. The van der Waals surface area contributed by atoms with Crippen molar-refractivity contribution in [3.8, 4) is 0 Å². The van der Waals surface area contributed by atoms with Crippen LogP contribution in [0.25, 0.3) is 0 Å². The van der Waals surface area contributed by atoms with E-state index >= 15 is 0 Å². The average molecular weight is 226 g/mol. The molecule has 7 nitrogen and oxygen atoms in total. The first kappa shape index (κ1) is 11.9. The van der Waals surface area contributed by atoms with Crippen molar-refractivity contribution in [2.45, 2.75) is 0 Å². The largest absolute Gasteiger partial charge is 0.447 e. The topological polar surface area (TPSA) is 102 Å². The number of hydrogen-bond donors (Lipinski definition) is 2. The number of non-ortho nitro benzene ring substituents is 1. The van der Waals surface area contributed by atoms with Gasteiger partial charge in [0.25, 0.3) is 5.69 Å². The highest BCUT2D eigenvalue weighted by Crippen LogP contribution is 2.16.